The summed E-state index contributed by atoms with van der Waals surface area (Å²) in [4.78, 5) is 4.75. The summed E-state index contributed by atoms with van der Waals surface area (Å²) in [6.07, 6.45) is 3.64. The summed E-state index contributed by atoms with van der Waals surface area (Å²) in [6, 6.07) is 6.66. The Balaban J connectivity index is 1.90. The molecule has 1 aromatic heterocycles. The Kier molecular flexibility index (Phi) is 3.78. The number of piperidine rings is 1. The molecular formula is C18H26N2O. The van der Waals surface area contributed by atoms with Crippen molar-refractivity contribution in [1.82, 2.24) is 10.3 Å². The van der Waals surface area contributed by atoms with Crippen LogP contribution in [-0.4, -0.2) is 11.5 Å². The lowest BCUT2D eigenvalue weighted by Crippen LogP contribution is -2.31. The van der Waals surface area contributed by atoms with Gasteiger partial charge in [-0.15, -0.1) is 0 Å². The molecular weight excluding hydrogens is 260 g/mol. The molecule has 1 saturated heterocycles. The second-order valence-corrected chi connectivity index (χ2v) is 7.29. The highest BCUT2D eigenvalue weighted by atomic mass is 16.3. The summed E-state index contributed by atoms with van der Waals surface area (Å²) in [5.41, 5.74) is 3.33. The minimum absolute atomic E-state index is 0.143. The number of nitrogens with one attached hydrogen (secondary N) is 1. The predicted octanol–water partition coefficient (Wildman–Crippen LogP) is 4.58. The summed E-state index contributed by atoms with van der Waals surface area (Å²) >= 11 is 0. The third kappa shape index (κ3) is 2.98. The largest absolute Gasteiger partial charge is 0.439 e. The minimum atomic E-state index is 0.143. The number of fused-ring (bicyclic) bond motifs is 1. The predicted molar refractivity (Wildman–Crippen MR) is 86.5 cm³/mol. The van der Waals surface area contributed by atoms with Crippen LogP contribution in [0.4, 0.5) is 0 Å². The molecule has 3 heteroatoms. The summed E-state index contributed by atoms with van der Waals surface area (Å²) < 4.78 is 5.99. The number of aromatic nitrogens is 1. The topological polar surface area (TPSA) is 38.1 Å². The van der Waals surface area contributed by atoms with Crippen LogP contribution < -0.4 is 5.32 Å². The van der Waals surface area contributed by atoms with Gasteiger partial charge >= 0.3 is 0 Å². The zero-order valence-corrected chi connectivity index (χ0v) is 13.6. The summed E-state index contributed by atoms with van der Waals surface area (Å²) in [6.45, 7) is 10.0. The minimum Gasteiger partial charge on any atom is -0.439 e. The molecule has 0 spiro atoms. The standard InChI is InChI=1S/C18H26N2O/c1-5-12-8-9-19-15(10-12)17-20-14-11-13(18(2,3)4)6-7-16(14)21-17/h6-7,11-12,15,19H,5,8-10H2,1-4H3. The van der Waals surface area contributed by atoms with Crippen LogP contribution in [0.25, 0.3) is 11.1 Å². The maximum atomic E-state index is 5.99. The maximum Gasteiger partial charge on any atom is 0.212 e. The number of benzene rings is 1. The fourth-order valence-electron chi connectivity index (χ4n) is 3.12. The van der Waals surface area contributed by atoms with Crippen molar-refractivity contribution in [3.63, 3.8) is 0 Å². The van der Waals surface area contributed by atoms with E-state index in [2.05, 4.69) is 51.2 Å². The Bertz CT molecular complexity index is 624. The average Bonchev–Trinajstić information content (AvgIpc) is 2.89. The first-order valence-electron chi connectivity index (χ1n) is 8.11. The van der Waals surface area contributed by atoms with Gasteiger partial charge in [-0.1, -0.05) is 40.2 Å². The van der Waals surface area contributed by atoms with E-state index in [0.717, 1.165) is 35.9 Å². The number of oxazole rings is 1. The van der Waals surface area contributed by atoms with Crippen LogP contribution in [-0.2, 0) is 5.41 Å². The van der Waals surface area contributed by atoms with Gasteiger partial charge in [0.15, 0.2) is 5.58 Å². The van der Waals surface area contributed by atoms with Crippen molar-refractivity contribution in [2.75, 3.05) is 6.54 Å². The first-order chi connectivity index (χ1) is 9.97. The zero-order valence-electron chi connectivity index (χ0n) is 13.6. The van der Waals surface area contributed by atoms with Gasteiger partial charge in [-0.05, 0) is 48.4 Å². The Morgan fingerprint density at radius 1 is 1.33 bits per heavy atom. The number of hydrogen-bond donors (Lipinski definition) is 1. The van der Waals surface area contributed by atoms with Crippen LogP contribution in [0.2, 0.25) is 0 Å². The smallest absolute Gasteiger partial charge is 0.212 e. The highest BCUT2D eigenvalue weighted by Gasteiger charge is 2.26. The van der Waals surface area contributed by atoms with Crippen molar-refractivity contribution in [3.05, 3.63) is 29.7 Å². The third-order valence-corrected chi connectivity index (χ3v) is 4.66. The molecule has 3 nitrogen and oxygen atoms in total. The second kappa shape index (κ2) is 5.45. The molecule has 2 aromatic rings. The van der Waals surface area contributed by atoms with Gasteiger partial charge in [0, 0.05) is 0 Å². The molecule has 0 saturated carbocycles. The van der Waals surface area contributed by atoms with E-state index >= 15 is 0 Å². The van der Waals surface area contributed by atoms with Gasteiger partial charge < -0.3 is 9.73 Å². The Hall–Kier alpha value is -1.35. The molecule has 1 aromatic carbocycles. The molecule has 0 amide bonds. The van der Waals surface area contributed by atoms with Crippen LogP contribution in [0.1, 0.15) is 64.5 Å². The number of rotatable bonds is 2. The molecule has 1 aliphatic heterocycles. The molecule has 1 fully saturated rings. The molecule has 0 aliphatic carbocycles. The first kappa shape index (κ1) is 14.6. The Labute approximate surface area is 127 Å². The fourth-order valence-corrected chi connectivity index (χ4v) is 3.12. The van der Waals surface area contributed by atoms with Gasteiger partial charge in [-0.25, -0.2) is 4.98 Å². The Morgan fingerprint density at radius 3 is 2.86 bits per heavy atom. The maximum absolute atomic E-state index is 5.99. The highest BCUT2D eigenvalue weighted by Crippen LogP contribution is 2.32. The van der Waals surface area contributed by atoms with Gasteiger partial charge in [-0.2, -0.15) is 0 Å². The highest BCUT2D eigenvalue weighted by molar-refractivity contribution is 5.73. The Morgan fingerprint density at radius 2 is 2.14 bits per heavy atom. The van der Waals surface area contributed by atoms with Crippen LogP contribution in [0.5, 0.6) is 0 Å². The molecule has 114 valence electrons. The van der Waals surface area contributed by atoms with E-state index in [4.69, 9.17) is 9.40 Å². The SMILES string of the molecule is CCC1CCNC(c2nc3cc(C(C)(C)C)ccc3o2)C1. The quantitative estimate of drug-likeness (QED) is 0.878. The summed E-state index contributed by atoms with van der Waals surface area (Å²) in [7, 11) is 0. The van der Waals surface area contributed by atoms with Crippen molar-refractivity contribution < 1.29 is 4.42 Å². The zero-order chi connectivity index (χ0) is 15.0. The lowest BCUT2D eigenvalue weighted by atomic mass is 9.87. The van der Waals surface area contributed by atoms with E-state index < -0.39 is 0 Å². The van der Waals surface area contributed by atoms with Gasteiger partial charge in [0.1, 0.15) is 5.52 Å². The van der Waals surface area contributed by atoms with Crippen LogP contribution in [0.15, 0.2) is 22.6 Å². The molecule has 1 N–H and O–H groups in total. The van der Waals surface area contributed by atoms with Crippen LogP contribution in [0.3, 0.4) is 0 Å². The van der Waals surface area contributed by atoms with Crippen molar-refractivity contribution in [2.45, 2.75) is 58.4 Å². The van der Waals surface area contributed by atoms with Crippen molar-refractivity contribution in [2.24, 2.45) is 5.92 Å². The molecule has 21 heavy (non-hydrogen) atoms. The van der Waals surface area contributed by atoms with E-state index in [1.54, 1.807) is 0 Å². The van der Waals surface area contributed by atoms with Gasteiger partial charge in [-0.3, -0.25) is 0 Å². The number of hydrogen-bond acceptors (Lipinski definition) is 3. The van der Waals surface area contributed by atoms with Gasteiger partial charge in [0.25, 0.3) is 0 Å². The van der Waals surface area contributed by atoms with E-state index in [9.17, 15) is 0 Å². The lowest BCUT2D eigenvalue weighted by Gasteiger charge is -2.27. The summed E-state index contributed by atoms with van der Waals surface area (Å²) in [5, 5.41) is 3.55. The molecule has 1 aliphatic rings. The normalized spacial score (nSPS) is 23.6. The van der Waals surface area contributed by atoms with E-state index in [0.29, 0.717) is 0 Å². The van der Waals surface area contributed by atoms with E-state index in [1.807, 2.05) is 0 Å². The number of nitrogens with zero attached hydrogens (tertiary/aromatic N) is 1. The monoisotopic (exact) mass is 286 g/mol. The average molecular weight is 286 g/mol. The van der Waals surface area contributed by atoms with Crippen LogP contribution >= 0.6 is 0 Å². The molecule has 0 bridgehead atoms. The second-order valence-electron chi connectivity index (χ2n) is 7.29. The first-order valence-corrected chi connectivity index (χ1v) is 8.11. The van der Waals surface area contributed by atoms with Crippen molar-refractivity contribution in [1.29, 1.82) is 0 Å². The van der Waals surface area contributed by atoms with Crippen molar-refractivity contribution >= 4 is 11.1 Å². The van der Waals surface area contributed by atoms with Gasteiger partial charge in [0.2, 0.25) is 5.89 Å². The van der Waals surface area contributed by atoms with E-state index in [-0.39, 0.29) is 11.5 Å². The van der Waals surface area contributed by atoms with E-state index in [1.165, 1.54) is 18.4 Å². The fraction of sp³-hybridized carbons (Fsp3) is 0.611. The lowest BCUT2D eigenvalue weighted by molar-refractivity contribution is 0.268. The van der Waals surface area contributed by atoms with Crippen LogP contribution in [0, 0.1) is 5.92 Å². The van der Waals surface area contributed by atoms with Crippen molar-refractivity contribution in [3.8, 4) is 0 Å². The third-order valence-electron chi connectivity index (χ3n) is 4.66. The van der Waals surface area contributed by atoms with Gasteiger partial charge in [0.05, 0.1) is 6.04 Å². The molecule has 0 radical (unpaired) electrons. The molecule has 2 atom stereocenters. The molecule has 2 heterocycles. The summed E-state index contributed by atoms with van der Waals surface area (Å²) in [5.74, 6) is 1.64. The molecule has 2 unspecified atom stereocenters. The molecule has 3 rings (SSSR count).